The quantitative estimate of drug-likeness (QED) is 0.738. The van der Waals surface area contributed by atoms with E-state index in [9.17, 15) is 8.78 Å². The van der Waals surface area contributed by atoms with Gasteiger partial charge in [-0.2, -0.15) is 0 Å². The third-order valence-corrected chi connectivity index (χ3v) is 5.34. The molecule has 0 aliphatic carbocycles. The van der Waals surface area contributed by atoms with Crippen LogP contribution in [0.3, 0.4) is 0 Å². The minimum atomic E-state index is -0.862. The molecule has 2 atom stereocenters. The zero-order valence-electron chi connectivity index (χ0n) is 14.8. The molecule has 5 nitrogen and oxygen atoms in total. The normalized spacial score (nSPS) is 20.8. The van der Waals surface area contributed by atoms with E-state index in [1.807, 2.05) is 6.20 Å². The number of ether oxygens (including phenoxy) is 1. The van der Waals surface area contributed by atoms with Crippen LogP contribution in [0.5, 0.6) is 0 Å². The molecule has 1 saturated heterocycles. The van der Waals surface area contributed by atoms with Gasteiger partial charge >= 0.3 is 0 Å². The number of fused-ring (bicyclic) bond motifs is 1. The van der Waals surface area contributed by atoms with Crippen LogP contribution in [0.1, 0.15) is 44.6 Å². The van der Waals surface area contributed by atoms with Crippen LogP contribution in [0.15, 0.2) is 24.4 Å². The fraction of sp³-hybridized carbons (Fsp3) is 0.444. The number of benzene rings is 1. The minimum absolute atomic E-state index is 0.0297. The molecule has 0 amide bonds. The highest BCUT2D eigenvalue weighted by Gasteiger charge is 2.31. The van der Waals surface area contributed by atoms with E-state index in [2.05, 4.69) is 36.2 Å². The van der Waals surface area contributed by atoms with Crippen molar-refractivity contribution in [1.82, 2.24) is 14.6 Å². The second-order valence-corrected chi connectivity index (χ2v) is 8.47. The third-order valence-electron chi connectivity index (χ3n) is 4.48. The van der Waals surface area contributed by atoms with E-state index in [4.69, 9.17) is 4.74 Å². The maximum Gasteiger partial charge on any atom is 0.214 e. The average Bonchev–Trinajstić information content (AvgIpc) is 3.24. The van der Waals surface area contributed by atoms with Gasteiger partial charge in [-0.25, -0.2) is 18.3 Å². The van der Waals surface area contributed by atoms with Gasteiger partial charge in [-0.15, -0.1) is 5.10 Å². The highest BCUT2D eigenvalue weighted by atomic mass is 32.1. The summed E-state index contributed by atoms with van der Waals surface area (Å²) < 4.78 is 34.2. The Balaban J connectivity index is 1.55. The molecule has 0 radical (unpaired) electrons. The standard InChI is InChI=1S/C18H20F2N4OS/c1-18(2,3)14-9-24-17(22-14)26-16(23-24)21-13-6-7-25-15(13)10-4-5-11(19)12(20)8-10/h4-5,8-9,13,15H,6-7H2,1-3H3,(H,21,23). The van der Waals surface area contributed by atoms with Gasteiger partial charge in [-0.1, -0.05) is 38.2 Å². The summed E-state index contributed by atoms with van der Waals surface area (Å²) in [6.45, 7) is 6.89. The Morgan fingerprint density at radius 3 is 2.77 bits per heavy atom. The highest BCUT2D eigenvalue weighted by molar-refractivity contribution is 7.20. The van der Waals surface area contributed by atoms with Crippen molar-refractivity contribution >= 4 is 21.4 Å². The van der Waals surface area contributed by atoms with Crippen LogP contribution in [-0.2, 0) is 10.2 Å². The average molecular weight is 378 g/mol. The van der Waals surface area contributed by atoms with Gasteiger partial charge < -0.3 is 10.1 Å². The largest absolute Gasteiger partial charge is 0.371 e. The maximum atomic E-state index is 13.5. The van der Waals surface area contributed by atoms with Crippen LogP contribution in [0.4, 0.5) is 13.9 Å². The zero-order chi connectivity index (χ0) is 18.5. The summed E-state index contributed by atoms with van der Waals surface area (Å²) in [4.78, 5) is 5.45. The molecule has 3 heterocycles. The molecule has 26 heavy (non-hydrogen) atoms. The molecule has 0 bridgehead atoms. The van der Waals surface area contributed by atoms with Gasteiger partial charge in [0, 0.05) is 12.0 Å². The first-order valence-electron chi connectivity index (χ1n) is 8.51. The van der Waals surface area contributed by atoms with Crippen molar-refractivity contribution in [3.63, 3.8) is 0 Å². The number of aromatic nitrogens is 3. The molecule has 2 aromatic heterocycles. The van der Waals surface area contributed by atoms with E-state index in [0.717, 1.165) is 28.3 Å². The van der Waals surface area contributed by atoms with Crippen LogP contribution in [-0.4, -0.2) is 27.2 Å². The molecule has 0 saturated carbocycles. The molecule has 1 aromatic carbocycles. The molecule has 0 spiro atoms. The summed E-state index contributed by atoms with van der Waals surface area (Å²) in [6, 6.07) is 3.84. The van der Waals surface area contributed by atoms with Gasteiger partial charge in [-0.05, 0) is 24.1 Å². The Morgan fingerprint density at radius 2 is 2.08 bits per heavy atom. The molecule has 8 heteroatoms. The Morgan fingerprint density at radius 1 is 1.27 bits per heavy atom. The lowest BCUT2D eigenvalue weighted by molar-refractivity contribution is 0.107. The summed E-state index contributed by atoms with van der Waals surface area (Å²) in [6.07, 6.45) is 2.36. The van der Waals surface area contributed by atoms with Gasteiger partial charge in [0.2, 0.25) is 10.1 Å². The summed E-state index contributed by atoms with van der Waals surface area (Å²) in [5.41, 5.74) is 1.58. The van der Waals surface area contributed by atoms with Crippen LogP contribution < -0.4 is 5.32 Å². The van der Waals surface area contributed by atoms with Crippen molar-refractivity contribution in [3.05, 3.63) is 47.3 Å². The zero-order valence-corrected chi connectivity index (χ0v) is 15.6. The van der Waals surface area contributed by atoms with Crippen LogP contribution in [0.25, 0.3) is 4.96 Å². The first-order valence-corrected chi connectivity index (χ1v) is 9.33. The van der Waals surface area contributed by atoms with Crippen molar-refractivity contribution in [2.45, 2.75) is 44.8 Å². The number of nitrogens with zero attached hydrogens (tertiary/aromatic N) is 3. The van der Waals surface area contributed by atoms with Crippen molar-refractivity contribution in [1.29, 1.82) is 0 Å². The Hall–Kier alpha value is -2.06. The SMILES string of the molecule is CC(C)(C)c1cn2nc(NC3CCOC3c3ccc(F)c(F)c3)sc2n1. The second-order valence-electron chi connectivity index (χ2n) is 7.51. The first-order chi connectivity index (χ1) is 12.3. The van der Waals surface area contributed by atoms with E-state index in [1.54, 1.807) is 10.6 Å². The highest BCUT2D eigenvalue weighted by Crippen LogP contribution is 2.33. The lowest BCUT2D eigenvalue weighted by Gasteiger charge is -2.19. The Kier molecular flexibility index (Phi) is 4.19. The molecular formula is C18H20F2N4OS. The molecule has 4 rings (SSSR count). The lowest BCUT2D eigenvalue weighted by atomic mass is 9.93. The van der Waals surface area contributed by atoms with E-state index in [1.165, 1.54) is 17.4 Å². The number of hydrogen-bond acceptors (Lipinski definition) is 5. The van der Waals surface area contributed by atoms with E-state index in [-0.39, 0.29) is 17.6 Å². The Bertz CT molecular complexity index is 915. The maximum absolute atomic E-state index is 13.5. The van der Waals surface area contributed by atoms with E-state index < -0.39 is 11.6 Å². The van der Waals surface area contributed by atoms with Crippen LogP contribution in [0, 0.1) is 11.6 Å². The number of rotatable bonds is 3. The molecule has 1 fully saturated rings. The summed E-state index contributed by atoms with van der Waals surface area (Å²) in [7, 11) is 0. The number of anilines is 1. The van der Waals surface area contributed by atoms with Gasteiger partial charge in [0.15, 0.2) is 11.6 Å². The lowest BCUT2D eigenvalue weighted by Crippen LogP contribution is -2.23. The smallest absolute Gasteiger partial charge is 0.214 e. The summed E-state index contributed by atoms with van der Waals surface area (Å²) in [5, 5.41) is 8.64. The summed E-state index contributed by atoms with van der Waals surface area (Å²) >= 11 is 1.46. The van der Waals surface area contributed by atoms with Gasteiger partial charge in [0.1, 0.15) is 6.10 Å². The third kappa shape index (κ3) is 3.19. The number of halogens is 2. The molecule has 138 valence electrons. The molecule has 3 aromatic rings. The van der Waals surface area contributed by atoms with Crippen molar-refractivity contribution in [3.8, 4) is 0 Å². The minimum Gasteiger partial charge on any atom is -0.371 e. The predicted molar refractivity (Wildman–Crippen MR) is 96.6 cm³/mol. The van der Waals surface area contributed by atoms with E-state index >= 15 is 0 Å². The van der Waals surface area contributed by atoms with Gasteiger partial charge in [-0.3, -0.25) is 0 Å². The van der Waals surface area contributed by atoms with Crippen molar-refractivity contribution in [2.75, 3.05) is 11.9 Å². The van der Waals surface area contributed by atoms with E-state index in [0.29, 0.717) is 12.2 Å². The van der Waals surface area contributed by atoms with Gasteiger partial charge in [0.25, 0.3) is 0 Å². The molecule has 1 aliphatic rings. The summed E-state index contributed by atoms with van der Waals surface area (Å²) in [5.74, 6) is -1.72. The van der Waals surface area contributed by atoms with Crippen LogP contribution in [0.2, 0.25) is 0 Å². The second kappa shape index (κ2) is 6.28. The fourth-order valence-corrected chi connectivity index (χ4v) is 3.88. The van der Waals surface area contributed by atoms with Crippen LogP contribution >= 0.6 is 11.3 Å². The number of imidazole rings is 1. The van der Waals surface area contributed by atoms with Crippen molar-refractivity contribution in [2.24, 2.45) is 0 Å². The Labute approximate surface area is 154 Å². The predicted octanol–water partition coefficient (Wildman–Crippen LogP) is 4.31. The number of hydrogen-bond donors (Lipinski definition) is 1. The molecule has 1 aliphatic heterocycles. The van der Waals surface area contributed by atoms with Crippen molar-refractivity contribution < 1.29 is 13.5 Å². The first kappa shape index (κ1) is 17.4. The van der Waals surface area contributed by atoms with Gasteiger partial charge in [0.05, 0.1) is 17.9 Å². The molecule has 2 unspecified atom stereocenters. The topological polar surface area (TPSA) is 51.5 Å². The molecular weight excluding hydrogens is 358 g/mol. The monoisotopic (exact) mass is 378 g/mol. The fourth-order valence-electron chi connectivity index (χ4n) is 3.03. The molecule has 1 N–H and O–H groups in total. The number of nitrogens with one attached hydrogen (secondary N) is 1.